The van der Waals surface area contributed by atoms with Gasteiger partial charge in [0.15, 0.2) is 0 Å². The van der Waals surface area contributed by atoms with Gasteiger partial charge < -0.3 is 0 Å². The zero-order chi connectivity index (χ0) is 8.85. The van der Waals surface area contributed by atoms with Crippen molar-refractivity contribution < 1.29 is 4.79 Å². The highest BCUT2D eigenvalue weighted by Crippen LogP contribution is 2.08. The van der Waals surface area contributed by atoms with Gasteiger partial charge in [-0.3, -0.25) is 4.79 Å². The van der Waals surface area contributed by atoms with Gasteiger partial charge in [-0.2, -0.15) is 0 Å². The summed E-state index contributed by atoms with van der Waals surface area (Å²) >= 11 is 5.48. The van der Waals surface area contributed by atoms with E-state index in [1.165, 1.54) is 0 Å². The smallest absolute Gasteiger partial charge is 0.137 e. The van der Waals surface area contributed by atoms with E-state index < -0.39 is 0 Å². The normalized spacial score (nSPS) is 10.2. The lowest BCUT2D eigenvalue weighted by molar-refractivity contribution is -0.119. The Bertz CT molecular complexity index is 150. The third-order valence-electron chi connectivity index (χ3n) is 1.27. The van der Waals surface area contributed by atoms with Crippen molar-refractivity contribution in [1.82, 2.24) is 0 Å². The molecule has 0 aromatic heterocycles. The molecule has 0 aliphatic carbocycles. The first-order chi connectivity index (χ1) is 5.06. The van der Waals surface area contributed by atoms with E-state index in [0.29, 0.717) is 24.6 Å². The number of ketones is 1. The lowest BCUT2D eigenvalue weighted by atomic mass is 10.0. The number of rotatable bonds is 5. The van der Waals surface area contributed by atoms with Crippen LogP contribution in [0.1, 0.15) is 26.7 Å². The number of Topliss-reactive ketones (excluding diaryl/α,β-unsaturated/α-hetero) is 1. The molecule has 0 unspecified atom stereocenters. The van der Waals surface area contributed by atoms with Gasteiger partial charge in [-0.1, -0.05) is 26.0 Å². The number of allylic oxidation sites excluding steroid dienone is 1. The Morgan fingerprint density at radius 2 is 2.09 bits per heavy atom. The molecule has 0 radical (unpaired) electrons. The lowest BCUT2D eigenvalue weighted by Crippen LogP contribution is -2.03. The zero-order valence-corrected chi connectivity index (χ0v) is 7.95. The number of carbonyl (C=O) groups excluding carboxylic acids is 1. The Balaban J connectivity index is 3.61. The number of hydrogen-bond acceptors (Lipinski definition) is 1. The molecule has 0 aliphatic rings. The maximum Gasteiger partial charge on any atom is 0.137 e. The number of carbonyl (C=O) groups is 1. The third kappa shape index (κ3) is 6.11. The fourth-order valence-corrected chi connectivity index (χ4v) is 0.948. The highest BCUT2D eigenvalue weighted by molar-refractivity contribution is 6.19. The van der Waals surface area contributed by atoms with Crippen LogP contribution < -0.4 is 0 Å². The highest BCUT2D eigenvalue weighted by atomic mass is 35.5. The zero-order valence-electron chi connectivity index (χ0n) is 7.19. The molecule has 0 spiro atoms. The summed E-state index contributed by atoms with van der Waals surface area (Å²) in [6.45, 7) is 7.73. The monoisotopic (exact) mass is 174 g/mol. The van der Waals surface area contributed by atoms with E-state index in [4.69, 9.17) is 11.6 Å². The predicted molar refractivity (Wildman–Crippen MR) is 48.9 cm³/mol. The van der Waals surface area contributed by atoms with Gasteiger partial charge in [0.05, 0.1) is 0 Å². The minimum Gasteiger partial charge on any atom is -0.299 e. The van der Waals surface area contributed by atoms with Crippen molar-refractivity contribution in [1.29, 1.82) is 0 Å². The topological polar surface area (TPSA) is 17.1 Å². The largest absolute Gasteiger partial charge is 0.299 e. The SMILES string of the molecule is C=C(CCl)CC(=O)CC(C)C. The molecule has 0 N–H and O–H groups in total. The minimum absolute atomic E-state index is 0.241. The van der Waals surface area contributed by atoms with Crippen LogP contribution in [0.3, 0.4) is 0 Å². The van der Waals surface area contributed by atoms with Crippen molar-refractivity contribution >= 4 is 17.4 Å². The van der Waals surface area contributed by atoms with Crippen molar-refractivity contribution in [3.8, 4) is 0 Å². The summed E-state index contributed by atoms with van der Waals surface area (Å²) in [6.07, 6.45) is 1.08. The van der Waals surface area contributed by atoms with Crippen molar-refractivity contribution in [2.45, 2.75) is 26.7 Å². The fourth-order valence-electron chi connectivity index (χ4n) is 0.854. The molecule has 0 bridgehead atoms. The van der Waals surface area contributed by atoms with E-state index in [1.54, 1.807) is 0 Å². The Morgan fingerprint density at radius 3 is 2.45 bits per heavy atom. The molecule has 0 fully saturated rings. The molecule has 11 heavy (non-hydrogen) atoms. The molecule has 0 rings (SSSR count). The molecule has 0 saturated heterocycles. The standard InChI is InChI=1S/C9H15ClO/c1-7(2)4-9(11)5-8(3)6-10/h7H,3-6H2,1-2H3. The van der Waals surface area contributed by atoms with Crippen LogP contribution in [-0.4, -0.2) is 11.7 Å². The maximum atomic E-state index is 11.1. The molecule has 0 saturated carbocycles. The summed E-state index contributed by atoms with van der Waals surface area (Å²) in [5.74, 6) is 1.07. The highest BCUT2D eigenvalue weighted by Gasteiger charge is 2.05. The third-order valence-corrected chi connectivity index (χ3v) is 1.65. The van der Waals surface area contributed by atoms with Crippen LogP contribution in [0.2, 0.25) is 0 Å². The minimum atomic E-state index is 0.241. The average molecular weight is 175 g/mol. The Kier molecular flexibility index (Phi) is 5.22. The quantitative estimate of drug-likeness (QED) is 0.463. The van der Waals surface area contributed by atoms with Gasteiger partial charge in [-0.15, -0.1) is 11.6 Å². The van der Waals surface area contributed by atoms with Crippen LogP contribution in [0.4, 0.5) is 0 Å². The molecule has 1 nitrogen and oxygen atoms in total. The second-order valence-corrected chi connectivity index (χ2v) is 3.46. The van der Waals surface area contributed by atoms with E-state index in [9.17, 15) is 4.79 Å². The van der Waals surface area contributed by atoms with Gasteiger partial charge in [0, 0.05) is 18.7 Å². The molecular weight excluding hydrogens is 160 g/mol. The van der Waals surface area contributed by atoms with E-state index in [0.717, 1.165) is 5.57 Å². The number of halogens is 1. The summed E-state index contributed by atoms with van der Waals surface area (Å²) in [5, 5.41) is 0. The van der Waals surface area contributed by atoms with E-state index in [1.807, 2.05) is 13.8 Å². The number of alkyl halides is 1. The number of hydrogen-bond donors (Lipinski definition) is 0. The summed E-state index contributed by atoms with van der Waals surface area (Å²) in [7, 11) is 0. The second-order valence-electron chi connectivity index (χ2n) is 3.20. The summed E-state index contributed by atoms with van der Waals surface area (Å²) in [4.78, 5) is 11.1. The molecule has 0 aliphatic heterocycles. The molecule has 0 aromatic carbocycles. The Labute approximate surface area is 73.4 Å². The van der Waals surface area contributed by atoms with Gasteiger partial charge >= 0.3 is 0 Å². The molecule has 0 amide bonds. The van der Waals surface area contributed by atoms with E-state index in [2.05, 4.69) is 6.58 Å². The summed E-state index contributed by atoms with van der Waals surface area (Å²) in [5.41, 5.74) is 0.817. The molecule has 2 heteroatoms. The molecule has 64 valence electrons. The maximum absolute atomic E-state index is 11.1. The molecule has 0 atom stereocenters. The van der Waals surface area contributed by atoms with Crippen molar-refractivity contribution in [2.75, 3.05) is 5.88 Å². The van der Waals surface area contributed by atoms with Gasteiger partial charge in [0.2, 0.25) is 0 Å². The van der Waals surface area contributed by atoms with Crippen LogP contribution in [0.5, 0.6) is 0 Å². The first kappa shape index (κ1) is 10.7. The Hall–Kier alpha value is -0.300. The summed E-state index contributed by atoms with van der Waals surface area (Å²) < 4.78 is 0. The van der Waals surface area contributed by atoms with Crippen LogP contribution in [0.15, 0.2) is 12.2 Å². The van der Waals surface area contributed by atoms with E-state index >= 15 is 0 Å². The van der Waals surface area contributed by atoms with Crippen molar-refractivity contribution in [3.63, 3.8) is 0 Å². The lowest BCUT2D eigenvalue weighted by Gasteiger charge is -2.03. The molecule has 0 aromatic rings. The molecule has 0 heterocycles. The van der Waals surface area contributed by atoms with Gasteiger partial charge in [-0.25, -0.2) is 0 Å². The van der Waals surface area contributed by atoms with Crippen LogP contribution in [0.25, 0.3) is 0 Å². The summed E-state index contributed by atoms with van der Waals surface area (Å²) in [6, 6.07) is 0. The van der Waals surface area contributed by atoms with Crippen molar-refractivity contribution in [2.24, 2.45) is 5.92 Å². The fraction of sp³-hybridized carbons (Fsp3) is 0.667. The Morgan fingerprint density at radius 1 is 1.55 bits per heavy atom. The van der Waals surface area contributed by atoms with Gasteiger partial charge in [-0.05, 0) is 5.92 Å². The van der Waals surface area contributed by atoms with Crippen LogP contribution >= 0.6 is 11.6 Å². The van der Waals surface area contributed by atoms with E-state index in [-0.39, 0.29) is 5.78 Å². The first-order valence-electron chi connectivity index (χ1n) is 3.80. The first-order valence-corrected chi connectivity index (χ1v) is 4.34. The second kappa shape index (κ2) is 5.36. The van der Waals surface area contributed by atoms with Gasteiger partial charge in [0.25, 0.3) is 0 Å². The van der Waals surface area contributed by atoms with Crippen molar-refractivity contribution in [3.05, 3.63) is 12.2 Å². The predicted octanol–water partition coefficient (Wildman–Crippen LogP) is 2.79. The van der Waals surface area contributed by atoms with Crippen LogP contribution in [0, 0.1) is 5.92 Å². The average Bonchev–Trinajstić information content (AvgIpc) is 1.85. The van der Waals surface area contributed by atoms with Crippen LogP contribution in [-0.2, 0) is 4.79 Å². The molecular formula is C9H15ClO. The van der Waals surface area contributed by atoms with Gasteiger partial charge in [0.1, 0.15) is 5.78 Å².